The second kappa shape index (κ2) is 5.95. The highest BCUT2D eigenvalue weighted by molar-refractivity contribution is 7.10. The Kier molecular flexibility index (Phi) is 4.05. The fourth-order valence-electron chi connectivity index (χ4n) is 2.64. The van der Waals surface area contributed by atoms with Gasteiger partial charge < -0.3 is 4.74 Å². The topological polar surface area (TPSA) is 47.3 Å². The van der Waals surface area contributed by atoms with Crippen LogP contribution in [0.4, 0.5) is 0 Å². The van der Waals surface area contributed by atoms with E-state index in [9.17, 15) is 0 Å². The number of rotatable bonds is 5. The van der Waals surface area contributed by atoms with Crippen LogP contribution in [0.2, 0.25) is 0 Å². The third-order valence-corrected chi connectivity index (χ3v) is 5.10. The van der Waals surface area contributed by atoms with E-state index in [1.807, 2.05) is 11.4 Å². The number of hydrogen-bond donors (Lipinski definition) is 2. The molecule has 1 aromatic carbocycles. The number of nitrogens with one attached hydrogen (secondary N) is 1. The van der Waals surface area contributed by atoms with Crippen molar-refractivity contribution in [2.75, 3.05) is 7.11 Å². The van der Waals surface area contributed by atoms with Gasteiger partial charge in [0.25, 0.3) is 0 Å². The summed E-state index contributed by atoms with van der Waals surface area (Å²) in [6.07, 6.45) is 4.04. The first-order chi connectivity index (χ1) is 9.81. The molecule has 4 heteroatoms. The Bertz CT molecular complexity index is 560. The van der Waals surface area contributed by atoms with Crippen LogP contribution < -0.4 is 16.0 Å². The van der Waals surface area contributed by atoms with Gasteiger partial charge in [0.05, 0.1) is 13.2 Å². The van der Waals surface area contributed by atoms with Gasteiger partial charge in [0.15, 0.2) is 0 Å². The lowest BCUT2D eigenvalue weighted by Crippen LogP contribution is -2.28. The molecule has 0 aliphatic heterocycles. The molecule has 2 aromatic rings. The average Bonchev–Trinajstić information content (AvgIpc) is 2.88. The number of methoxy groups -OCH3 is 1. The third kappa shape index (κ3) is 2.59. The molecule has 3 N–H and O–H groups in total. The summed E-state index contributed by atoms with van der Waals surface area (Å²) in [6.45, 7) is 0. The van der Waals surface area contributed by atoms with Crippen molar-refractivity contribution in [3.05, 3.63) is 51.7 Å². The van der Waals surface area contributed by atoms with Gasteiger partial charge >= 0.3 is 0 Å². The summed E-state index contributed by atoms with van der Waals surface area (Å²) in [7, 11) is 1.68. The molecule has 1 atom stereocenters. The summed E-state index contributed by atoms with van der Waals surface area (Å²) in [6, 6.07) is 10.9. The van der Waals surface area contributed by atoms with Crippen molar-refractivity contribution < 1.29 is 4.74 Å². The van der Waals surface area contributed by atoms with Crippen LogP contribution in [0.1, 0.15) is 47.2 Å². The van der Waals surface area contributed by atoms with Gasteiger partial charge in [-0.15, -0.1) is 11.3 Å². The molecule has 1 fully saturated rings. The maximum atomic E-state index is 5.74. The largest absolute Gasteiger partial charge is 0.496 e. The smallest absolute Gasteiger partial charge is 0.129 e. The van der Waals surface area contributed by atoms with Crippen LogP contribution in [0.5, 0.6) is 5.75 Å². The summed E-state index contributed by atoms with van der Waals surface area (Å²) in [5.74, 6) is 7.40. The zero-order valence-electron chi connectivity index (χ0n) is 11.6. The van der Waals surface area contributed by atoms with Gasteiger partial charge in [-0.3, -0.25) is 5.84 Å². The number of thiophene rings is 1. The molecule has 0 bridgehead atoms. The highest BCUT2D eigenvalue weighted by Gasteiger charge is 2.20. The highest BCUT2D eigenvalue weighted by atomic mass is 32.1. The van der Waals surface area contributed by atoms with Gasteiger partial charge in [-0.1, -0.05) is 30.7 Å². The maximum Gasteiger partial charge on any atom is 0.129 e. The summed E-state index contributed by atoms with van der Waals surface area (Å²) in [4.78, 5) is 1.17. The van der Waals surface area contributed by atoms with Gasteiger partial charge in [-0.25, -0.2) is 5.43 Å². The Balaban J connectivity index is 1.81. The highest BCUT2D eigenvalue weighted by Crippen LogP contribution is 2.37. The molecular weight excluding hydrogens is 268 g/mol. The second-order valence-corrected chi connectivity index (χ2v) is 6.23. The van der Waals surface area contributed by atoms with Crippen LogP contribution >= 0.6 is 11.3 Å². The maximum absolute atomic E-state index is 5.74. The summed E-state index contributed by atoms with van der Waals surface area (Å²) >= 11 is 1.66. The predicted octanol–water partition coefficient (Wildman–Crippen LogP) is 3.58. The Morgan fingerprint density at radius 2 is 2.05 bits per heavy atom. The number of benzene rings is 1. The molecule has 1 aromatic heterocycles. The van der Waals surface area contributed by atoms with E-state index >= 15 is 0 Å². The zero-order chi connectivity index (χ0) is 13.9. The van der Waals surface area contributed by atoms with Crippen LogP contribution in [-0.4, -0.2) is 7.11 Å². The van der Waals surface area contributed by atoms with Crippen molar-refractivity contribution in [2.24, 2.45) is 5.84 Å². The molecule has 0 saturated heterocycles. The summed E-state index contributed by atoms with van der Waals surface area (Å²) < 4.78 is 5.24. The Morgan fingerprint density at radius 3 is 2.55 bits per heavy atom. The molecule has 0 amide bonds. The monoisotopic (exact) mass is 288 g/mol. The van der Waals surface area contributed by atoms with Crippen LogP contribution in [0.25, 0.3) is 0 Å². The van der Waals surface area contributed by atoms with Crippen molar-refractivity contribution in [2.45, 2.75) is 31.2 Å². The number of ether oxygens (including phenoxy) is 1. The number of hydrogen-bond acceptors (Lipinski definition) is 4. The minimum atomic E-state index is 0.0272. The van der Waals surface area contributed by atoms with E-state index < -0.39 is 0 Å². The average molecular weight is 288 g/mol. The molecule has 1 aliphatic carbocycles. The first-order valence-electron chi connectivity index (χ1n) is 7.00. The Hall–Kier alpha value is -1.36. The molecule has 106 valence electrons. The lowest BCUT2D eigenvalue weighted by Gasteiger charge is -2.26. The molecule has 0 radical (unpaired) electrons. The molecule has 0 spiro atoms. The molecule has 1 saturated carbocycles. The Labute approximate surface area is 123 Å². The standard InChI is InChI=1S/C16H20N2OS/c1-19-14-9-15(20-10-14)16(18-17)13-7-5-12(6-8-13)11-3-2-4-11/h5-11,16,18H,2-4,17H2,1H3. The minimum Gasteiger partial charge on any atom is -0.496 e. The molecule has 1 heterocycles. The summed E-state index contributed by atoms with van der Waals surface area (Å²) in [5, 5.41) is 2.00. The van der Waals surface area contributed by atoms with E-state index in [1.54, 1.807) is 18.4 Å². The Morgan fingerprint density at radius 1 is 1.30 bits per heavy atom. The van der Waals surface area contributed by atoms with Crippen molar-refractivity contribution in [1.82, 2.24) is 5.43 Å². The zero-order valence-corrected chi connectivity index (χ0v) is 12.5. The van der Waals surface area contributed by atoms with Gasteiger partial charge in [0.2, 0.25) is 0 Å². The molecule has 1 aliphatic rings. The molecule has 1 unspecified atom stereocenters. The van der Waals surface area contributed by atoms with Crippen molar-refractivity contribution >= 4 is 11.3 Å². The van der Waals surface area contributed by atoms with Gasteiger partial charge in [-0.05, 0) is 36.0 Å². The van der Waals surface area contributed by atoms with Crippen LogP contribution in [0.3, 0.4) is 0 Å². The van der Waals surface area contributed by atoms with E-state index in [2.05, 4.69) is 29.7 Å². The minimum absolute atomic E-state index is 0.0272. The molecular formula is C16H20N2OS. The van der Waals surface area contributed by atoms with E-state index in [-0.39, 0.29) is 6.04 Å². The van der Waals surface area contributed by atoms with Crippen molar-refractivity contribution in [3.8, 4) is 5.75 Å². The number of nitrogens with two attached hydrogens (primary N) is 1. The summed E-state index contributed by atoms with van der Waals surface area (Å²) in [5.41, 5.74) is 5.56. The number of hydrazine groups is 1. The normalized spacial score (nSPS) is 16.7. The fraction of sp³-hybridized carbons (Fsp3) is 0.375. The van der Waals surface area contributed by atoms with Crippen molar-refractivity contribution in [1.29, 1.82) is 0 Å². The van der Waals surface area contributed by atoms with Crippen LogP contribution in [0, 0.1) is 0 Å². The van der Waals surface area contributed by atoms with E-state index in [1.165, 1.54) is 35.3 Å². The molecule has 3 rings (SSSR count). The fourth-order valence-corrected chi connectivity index (χ4v) is 3.58. The third-order valence-electron chi connectivity index (χ3n) is 4.13. The van der Waals surface area contributed by atoms with Gasteiger partial charge in [0, 0.05) is 10.3 Å². The van der Waals surface area contributed by atoms with E-state index in [0.29, 0.717) is 0 Å². The SMILES string of the molecule is COc1csc(C(NN)c2ccc(C3CCC3)cc2)c1. The molecule has 20 heavy (non-hydrogen) atoms. The predicted molar refractivity (Wildman–Crippen MR) is 83.1 cm³/mol. The van der Waals surface area contributed by atoms with Gasteiger partial charge in [0.1, 0.15) is 5.75 Å². The second-order valence-electron chi connectivity index (χ2n) is 5.28. The lowest BCUT2D eigenvalue weighted by atomic mass is 9.80. The van der Waals surface area contributed by atoms with Gasteiger partial charge in [-0.2, -0.15) is 0 Å². The van der Waals surface area contributed by atoms with Crippen LogP contribution in [-0.2, 0) is 0 Å². The van der Waals surface area contributed by atoms with Crippen molar-refractivity contribution in [3.63, 3.8) is 0 Å². The van der Waals surface area contributed by atoms with Crippen LogP contribution in [0.15, 0.2) is 35.7 Å². The molecule has 3 nitrogen and oxygen atoms in total. The first-order valence-corrected chi connectivity index (χ1v) is 7.88. The quantitative estimate of drug-likeness (QED) is 0.653. The lowest BCUT2D eigenvalue weighted by molar-refractivity contribution is 0.416. The van der Waals surface area contributed by atoms with E-state index in [4.69, 9.17) is 10.6 Å². The first kappa shape index (κ1) is 13.6. The van der Waals surface area contributed by atoms with E-state index in [0.717, 1.165) is 11.7 Å².